The van der Waals surface area contributed by atoms with Crippen molar-refractivity contribution < 1.29 is 14.3 Å². The third-order valence-corrected chi connectivity index (χ3v) is 5.65. The molecule has 1 aliphatic rings. The molecule has 156 valence electrons. The van der Waals surface area contributed by atoms with Crippen molar-refractivity contribution in [1.29, 1.82) is 0 Å². The lowest BCUT2D eigenvalue weighted by Gasteiger charge is -2.16. The zero-order valence-corrected chi connectivity index (χ0v) is 18.3. The quantitative estimate of drug-likeness (QED) is 0.503. The number of benzene rings is 3. The molecule has 1 aliphatic heterocycles. The third-order valence-electron chi connectivity index (χ3n) is 4.99. The van der Waals surface area contributed by atoms with Crippen LogP contribution < -0.4 is 15.0 Å². The third kappa shape index (κ3) is 4.02. The number of carbonyl (C=O) groups is 2. The van der Waals surface area contributed by atoms with E-state index in [1.54, 1.807) is 61.7 Å². The highest BCUT2D eigenvalue weighted by Crippen LogP contribution is 2.35. The summed E-state index contributed by atoms with van der Waals surface area (Å²) in [5.41, 5.74) is 2.97. The van der Waals surface area contributed by atoms with E-state index in [1.807, 2.05) is 19.1 Å². The maximum atomic E-state index is 13.4. The van der Waals surface area contributed by atoms with Crippen LogP contribution in [0.4, 0.5) is 11.4 Å². The summed E-state index contributed by atoms with van der Waals surface area (Å²) in [5.74, 6) is -0.267. The van der Waals surface area contributed by atoms with Gasteiger partial charge in [0.25, 0.3) is 11.8 Å². The summed E-state index contributed by atoms with van der Waals surface area (Å²) in [6.07, 6.45) is 0. The van der Waals surface area contributed by atoms with Crippen LogP contribution >= 0.6 is 23.2 Å². The molecule has 0 unspecified atom stereocenters. The number of rotatable bonds is 5. The molecule has 5 nitrogen and oxygen atoms in total. The predicted molar refractivity (Wildman–Crippen MR) is 124 cm³/mol. The van der Waals surface area contributed by atoms with Gasteiger partial charge in [0.05, 0.1) is 18.4 Å². The lowest BCUT2D eigenvalue weighted by Crippen LogP contribution is -2.32. The monoisotopic (exact) mass is 452 g/mol. The summed E-state index contributed by atoms with van der Waals surface area (Å²) in [4.78, 5) is 27.9. The van der Waals surface area contributed by atoms with Crippen molar-refractivity contribution in [2.24, 2.45) is 0 Å². The first-order chi connectivity index (χ1) is 14.9. The summed E-state index contributed by atoms with van der Waals surface area (Å²) in [6.45, 7) is 1.89. The zero-order valence-electron chi connectivity index (χ0n) is 16.8. The van der Waals surface area contributed by atoms with E-state index in [9.17, 15) is 9.59 Å². The van der Waals surface area contributed by atoms with Crippen molar-refractivity contribution in [3.63, 3.8) is 0 Å². The van der Waals surface area contributed by atoms with Gasteiger partial charge in [-0.15, -0.1) is 0 Å². The van der Waals surface area contributed by atoms with Gasteiger partial charge in [-0.3, -0.25) is 9.59 Å². The van der Waals surface area contributed by atoms with E-state index < -0.39 is 11.8 Å². The van der Waals surface area contributed by atoms with Gasteiger partial charge in [-0.05, 0) is 66.6 Å². The van der Waals surface area contributed by atoms with Crippen LogP contribution in [0.15, 0.2) is 72.4 Å². The fourth-order valence-corrected chi connectivity index (χ4v) is 3.62. The smallest absolute Gasteiger partial charge is 0.282 e. The lowest BCUT2D eigenvalue weighted by atomic mass is 10.0. The van der Waals surface area contributed by atoms with Crippen LogP contribution in [0.2, 0.25) is 10.0 Å². The first-order valence-electron chi connectivity index (χ1n) is 9.45. The summed E-state index contributed by atoms with van der Waals surface area (Å²) < 4.78 is 5.17. The number of anilines is 2. The lowest BCUT2D eigenvalue weighted by molar-refractivity contribution is -0.120. The van der Waals surface area contributed by atoms with E-state index in [1.165, 1.54) is 0 Å². The minimum absolute atomic E-state index is 0.170. The van der Waals surface area contributed by atoms with E-state index in [-0.39, 0.29) is 11.3 Å². The first kappa shape index (κ1) is 21.0. The SMILES string of the molecule is COc1ccc(N2C(=O)C(Nc3ccc(C)c(Cl)c3)=C(c3ccc(Cl)cc3)C2=O)cc1. The Morgan fingerprint density at radius 1 is 0.871 bits per heavy atom. The minimum atomic E-state index is -0.461. The summed E-state index contributed by atoms with van der Waals surface area (Å²) in [7, 11) is 1.55. The van der Waals surface area contributed by atoms with Gasteiger partial charge in [-0.25, -0.2) is 4.90 Å². The molecule has 7 heteroatoms. The van der Waals surface area contributed by atoms with Crippen LogP contribution in [0.3, 0.4) is 0 Å². The molecule has 3 aromatic rings. The van der Waals surface area contributed by atoms with Gasteiger partial charge in [-0.1, -0.05) is 41.4 Å². The van der Waals surface area contributed by atoms with Gasteiger partial charge in [0.15, 0.2) is 0 Å². The van der Waals surface area contributed by atoms with Crippen molar-refractivity contribution in [1.82, 2.24) is 0 Å². The van der Waals surface area contributed by atoms with Crippen molar-refractivity contribution in [2.75, 3.05) is 17.3 Å². The number of amides is 2. The Morgan fingerprint density at radius 2 is 1.55 bits per heavy atom. The van der Waals surface area contributed by atoms with Gasteiger partial charge in [0, 0.05) is 15.7 Å². The second kappa shape index (κ2) is 8.46. The number of nitrogens with one attached hydrogen (secondary N) is 1. The van der Waals surface area contributed by atoms with Crippen LogP contribution in [0, 0.1) is 6.92 Å². The molecule has 0 aliphatic carbocycles. The van der Waals surface area contributed by atoms with E-state index in [2.05, 4.69) is 5.32 Å². The van der Waals surface area contributed by atoms with Gasteiger partial charge in [-0.2, -0.15) is 0 Å². The molecule has 0 atom stereocenters. The number of methoxy groups -OCH3 is 1. The second-order valence-electron chi connectivity index (χ2n) is 6.99. The van der Waals surface area contributed by atoms with Crippen LogP contribution in [0.5, 0.6) is 5.75 Å². The largest absolute Gasteiger partial charge is 0.497 e. The fourth-order valence-electron chi connectivity index (χ4n) is 3.31. The summed E-state index contributed by atoms with van der Waals surface area (Å²) in [5, 5.41) is 4.19. The molecule has 31 heavy (non-hydrogen) atoms. The highest BCUT2D eigenvalue weighted by Gasteiger charge is 2.40. The number of carbonyl (C=O) groups excluding carboxylic acids is 2. The first-order valence-corrected chi connectivity index (χ1v) is 10.2. The van der Waals surface area contributed by atoms with Crippen molar-refractivity contribution >= 4 is 52.0 Å². The van der Waals surface area contributed by atoms with Gasteiger partial charge in [0.2, 0.25) is 0 Å². The minimum Gasteiger partial charge on any atom is -0.497 e. The molecule has 1 N–H and O–H groups in total. The molecule has 0 fully saturated rings. The van der Waals surface area contributed by atoms with Crippen molar-refractivity contribution in [2.45, 2.75) is 6.92 Å². The number of hydrogen-bond donors (Lipinski definition) is 1. The molecule has 0 aromatic heterocycles. The second-order valence-corrected chi connectivity index (χ2v) is 7.83. The maximum absolute atomic E-state index is 13.4. The Hall–Kier alpha value is -3.28. The normalized spacial score (nSPS) is 13.7. The van der Waals surface area contributed by atoms with Crippen LogP contribution in [-0.4, -0.2) is 18.9 Å². The molecule has 0 radical (unpaired) electrons. The van der Waals surface area contributed by atoms with E-state index in [0.717, 1.165) is 10.5 Å². The predicted octanol–water partition coefficient (Wildman–Crippen LogP) is 5.71. The van der Waals surface area contributed by atoms with Gasteiger partial charge >= 0.3 is 0 Å². The van der Waals surface area contributed by atoms with Gasteiger partial charge in [0.1, 0.15) is 11.4 Å². The fraction of sp³-hybridized carbons (Fsp3) is 0.0833. The van der Waals surface area contributed by atoms with Crippen molar-refractivity contribution in [3.05, 3.63) is 93.6 Å². The number of ether oxygens (including phenoxy) is 1. The number of hydrogen-bond acceptors (Lipinski definition) is 4. The molecule has 0 saturated carbocycles. The van der Waals surface area contributed by atoms with Crippen LogP contribution in [-0.2, 0) is 9.59 Å². The Labute approximate surface area is 189 Å². The van der Waals surface area contributed by atoms with Crippen LogP contribution in [0.25, 0.3) is 5.57 Å². The van der Waals surface area contributed by atoms with E-state index >= 15 is 0 Å². The Balaban J connectivity index is 1.80. The molecule has 2 amide bonds. The number of imide groups is 1. The average Bonchev–Trinajstić information content (AvgIpc) is 3.01. The molecule has 4 rings (SSSR count). The Bertz CT molecular complexity index is 1200. The van der Waals surface area contributed by atoms with E-state index in [0.29, 0.717) is 32.7 Å². The van der Waals surface area contributed by atoms with Gasteiger partial charge < -0.3 is 10.1 Å². The molecule has 3 aromatic carbocycles. The average molecular weight is 453 g/mol. The zero-order chi connectivity index (χ0) is 22.1. The topological polar surface area (TPSA) is 58.6 Å². The standard InChI is InChI=1S/C24H18Cl2N2O3/c1-14-3-8-17(13-20(14)26)27-22-21(15-4-6-16(25)7-5-15)23(29)28(24(22)30)18-9-11-19(31-2)12-10-18/h3-13,27H,1-2H3. The molecular formula is C24H18Cl2N2O3. The highest BCUT2D eigenvalue weighted by molar-refractivity contribution is 6.46. The number of aryl methyl sites for hydroxylation is 1. The van der Waals surface area contributed by atoms with Crippen LogP contribution in [0.1, 0.15) is 11.1 Å². The Kier molecular flexibility index (Phi) is 5.72. The Morgan fingerprint density at radius 3 is 2.16 bits per heavy atom. The molecule has 0 spiro atoms. The number of nitrogens with zero attached hydrogens (tertiary/aromatic N) is 1. The van der Waals surface area contributed by atoms with E-state index in [4.69, 9.17) is 27.9 Å². The summed E-state index contributed by atoms with van der Waals surface area (Å²) in [6, 6.07) is 18.9. The summed E-state index contributed by atoms with van der Waals surface area (Å²) >= 11 is 12.3. The highest BCUT2D eigenvalue weighted by atomic mass is 35.5. The number of halogens is 2. The van der Waals surface area contributed by atoms with Crippen molar-refractivity contribution in [3.8, 4) is 5.75 Å². The molecular weight excluding hydrogens is 435 g/mol. The maximum Gasteiger partial charge on any atom is 0.282 e. The molecule has 0 saturated heterocycles. The molecule has 1 heterocycles. The molecule has 0 bridgehead atoms.